The van der Waals surface area contributed by atoms with E-state index >= 15 is 0 Å². The van der Waals surface area contributed by atoms with Gasteiger partial charge in [0.1, 0.15) is 5.82 Å². The maximum atomic E-state index is 13.4. The van der Waals surface area contributed by atoms with Gasteiger partial charge in [-0.2, -0.15) is 0 Å². The van der Waals surface area contributed by atoms with Crippen LogP contribution in [-0.4, -0.2) is 56.9 Å². The zero-order valence-corrected chi connectivity index (χ0v) is 14.1. The number of hydrogen-bond acceptors (Lipinski definition) is 4. The Morgan fingerprint density at radius 1 is 1.35 bits per heavy atom. The summed E-state index contributed by atoms with van der Waals surface area (Å²) in [7, 11) is -1.32. The highest BCUT2D eigenvalue weighted by atomic mass is 32.2. The molecule has 0 radical (unpaired) electrons. The predicted molar refractivity (Wildman–Crippen MR) is 87.4 cm³/mol. The van der Waals surface area contributed by atoms with Gasteiger partial charge in [0.25, 0.3) is 0 Å². The van der Waals surface area contributed by atoms with Crippen LogP contribution in [-0.2, 0) is 21.1 Å². The van der Waals surface area contributed by atoms with Crippen LogP contribution in [0.25, 0.3) is 0 Å². The molecule has 1 aliphatic rings. The van der Waals surface area contributed by atoms with E-state index in [1.807, 2.05) is 0 Å². The summed E-state index contributed by atoms with van der Waals surface area (Å²) < 4.78 is 36.3. The molecule has 0 spiro atoms. The minimum Gasteiger partial charge on any atom is -0.342 e. The first-order chi connectivity index (χ1) is 10.9. The van der Waals surface area contributed by atoms with Crippen molar-refractivity contribution in [2.75, 3.05) is 31.6 Å². The van der Waals surface area contributed by atoms with E-state index in [0.717, 1.165) is 0 Å². The van der Waals surface area contributed by atoms with Crippen LogP contribution in [0.1, 0.15) is 18.4 Å². The van der Waals surface area contributed by atoms with Crippen molar-refractivity contribution >= 4 is 15.7 Å². The van der Waals surface area contributed by atoms with Crippen molar-refractivity contribution in [1.29, 1.82) is 0 Å². The molecule has 1 aromatic rings. The van der Waals surface area contributed by atoms with E-state index in [4.69, 9.17) is 0 Å². The molecule has 2 rings (SSSR count). The Morgan fingerprint density at radius 3 is 2.74 bits per heavy atom. The van der Waals surface area contributed by atoms with E-state index < -0.39 is 9.84 Å². The van der Waals surface area contributed by atoms with Crippen LogP contribution in [0.5, 0.6) is 0 Å². The molecule has 1 atom stereocenters. The fourth-order valence-electron chi connectivity index (χ4n) is 2.71. The number of halogens is 1. The molecular formula is C16H23FN2O3S. The van der Waals surface area contributed by atoms with Crippen LogP contribution < -0.4 is 5.32 Å². The fourth-order valence-corrected chi connectivity index (χ4v) is 4.48. The molecule has 1 fully saturated rings. The fraction of sp³-hybridized carbons (Fsp3) is 0.562. The zero-order valence-electron chi connectivity index (χ0n) is 13.3. The Bertz CT molecular complexity index is 648. The van der Waals surface area contributed by atoms with Gasteiger partial charge >= 0.3 is 0 Å². The Kier molecular flexibility index (Phi) is 6.12. The van der Waals surface area contributed by atoms with Crippen LogP contribution >= 0.6 is 0 Å². The molecule has 1 saturated heterocycles. The average Bonchev–Trinajstić information content (AvgIpc) is 2.87. The number of benzene rings is 1. The maximum absolute atomic E-state index is 13.4. The Labute approximate surface area is 136 Å². The molecule has 128 valence electrons. The molecule has 0 saturated carbocycles. The lowest BCUT2D eigenvalue weighted by atomic mass is 10.1. The van der Waals surface area contributed by atoms with Gasteiger partial charge in [-0.3, -0.25) is 4.79 Å². The molecule has 1 heterocycles. The predicted octanol–water partition coefficient (Wildman–Crippen LogP) is 0.993. The molecule has 0 bridgehead atoms. The number of carbonyl (C=O) groups is 1. The summed E-state index contributed by atoms with van der Waals surface area (Å²) >= 11 is 0. The van der Waals surface area contributed by atoms with Crippen LogP contribution in [0.2, 0.25) is 0 Å². The summed E-state index contributed by atoms with van der Waals surface area (Å²) in [6, 6.07) is 6.43. The van der Waals surface area contributed by atoms with Crippen LogP contribution in [0, 0.1) is 5.82 Å². The van der Waals surface area contributed by atoms with Crippen molar-refractivity contribution in [3.8, 4) is 0 Å². The number of carbonyl (C=O) groups excluding carboxylic acids is 1. The van der Waals surface area contributed by atoms with Crippen molar-refractivity contribution in [2.45, 2.75) is 25.3 Å². The van der Waals surface area contributed by atoms with Gasteiger partial charge in [-0.1, -0.05) is 18.2 Å². The van der Waals surface area contributed by atoms with Gasteiger partial charge in [-0.15, -0.1) is 0 Å². The first-order valence-corrected chi connectivity index (χ1v) is 9.61. The second-order valence-corrected chi connectivity index (χ2v) is 8.13. The van der Waals surface area contributed by atoms with Crippen molar-refractivity contribution < 1.29 is 17.6 Å². The normalized spacial score (nSPS) is 19.7. The van der Waals surface area contributed by atoms with E-state index in [9.17, 15) is 17.6 Å². The summed E-state index contributed by atoms with van der Waals surface area (Å²) in [5.74, 6) is -0.0513. The average molecular weight is 342 g/mol. The summed E-state index contributed by atoms with van der Waals surface area (Å²) in [5, 5.41) is 3.12. The van der Waals surface area contributed by atoms with Crippen molar-refractivity contribution in [3.05, 3.63) is 35.6 Å². The Balaban J connectivity index is 1.66. The van der Waals surface area contributed by atoms with Gasteiger partial charge in [-0.05, 0) is 31.0 Å². The topological polar surface area (TPSA) is 66.5 Å². The second-order valence-electron chi connectivity index (χ2n) is 5.90. The molecule has 5 nitrogen and oxygen atoms in total. The molecule has 23 heavy (non-hydrogen) atoms. The molecule has 1 N–H and O–H groups in total. The SMILES string of the molecule is CN(C(=O)CCNCCc1ccccc1F)C1CCS(=O)(=O)C1. The molecule has 0 aromatic heterocycles. The molecule has 0 aliphatic carbocycles. The largest absolute Gasteiger partial charge is 0.342 e. The molecule has 1 aliphatic heterocycles. The van der Waals surface area contributed by atoms with Gasteiger partial charge in [0, 0.05) is 26.1 Å². The number of nitrogens with zero attached hydrogens (tertiary/aromatic N) is 1. The second kappa shape index (κ2) is 7.88. The number of hydrogen-bond donors (Lipinski definition) is 1. The highest BCUT2D eigenvalue weighted by molar-refractivity contribution is 7.91. The van der Waals surface area contributed by atoms with E-state index in [2.05, 4.69) is 5.32 Å². The maximum Gasteiger partial charge on any atom is 0.223 e. The number of nitrogens with one attached hydrogen (secondary N) is 1. The summed E-state index contributed by atoms with van der Waals surface area (Å²) in [6.07, 6.45) is 1.40. The summed E-state index contributed by atoms with van der Waals surface area (Å²) in [4.78, 5) is 13.6. The third-order valence-electron chi connectivity index (χ3n) is 4.19. The molecule has 1 aromatic carbocycles. The van der Waals surface area contributed by atoms with E-state index in [-0.39, 0.29) is 29.3 Å². The minimum absolute atomic E-state index is 0.0644. The summed E-state index contributed by atoms with van der Waals surface area (Å²) in [6.45, 7) is 1.09. The molecular weight excluding hydrogens is 319 g/mol. The zero-order chi connectivity index (χ0) is 16.9. The molecule has 7 heteroatoms. The first-order valence-electron chi connectivity index (χ1n) is 7.79. The first kappa shape index (κ1) is 17.9. The van der Waals surface area contributed by atoms with Gasteiger partial charge in [0.05, 0.1) is 11.5 Å². The van der Waals surface area contributed by atoms with Crippen LogP contribution in [0.4, 0.5) is 4.39 Å². The van der Waals surface area contributed by atoms with Gasteiger partial charge in [0.2, 0.25) is 5.91 Å². The van der Waals surface area contributed by atoms with Gasteiger partial charge < -0.3 is 10.2 Å². The molecule has 1 amide bonds. The van der Waals surface area contributed by atoms with Gasteiger partial charge in [0.15, 0.2) is 9.84 Å². The van der Waals surface area contributed by atoms with Crippen molar-refractivity contribution in [1.82, 2.24) is 10.2 Å². The minimum atomic E-state index is -2.98. The number of sulfone groups is 1. The third kappa shape index (κ3) is 5.28. The Hall–Kier alpha value is -1.47. The highest BCUT2D eigenvalue weighted by Gasteiger charge is 2.32. The lowest BCUT2D eigenvalue weighted by Crippen LogP contribution is -2.39. The number of rotatable bonds is 7. The molecule has 1 unspecified atom stereocenters. The lowest BCUT2D eigenvalue weighted by Gasteiger charge is -2.23. The highest BCUT2D eigenvalue weighted by Crippen LogP contribution is 2.17. The quantitative estimate of drug-likeness (QED) is 0.751. The van der Waals surface area contributed by atoms with Crippen molar-refractivity contribution in [3.63, 3.8) is 0 Å². The lowest BCUT2D eigenvalue weighted by molar-refractivity contribution is -0.131. The Morgan fingerprint density at radius 2 is 2.09 bits per heavy atom. The van der Waals surface area contributed by atoms with Crippen LogP contribution in [0.15, 0.2) is 24.3 Å². The van der Waals surface area contributed by atoms with Crippen LogP contribution in [0.3, 0.4) is 0 Å². The standard InChI is InChI=1S/C16H23FN2O3S/c1-19(14-8-11-23(21,22)12-14)16(20)7-10-18-9-6-13-4-2-3-5-15(13)17/h2-5,14,18H,6-12H2,1H3. The third-order valence-corrected chi connectivity index (χ3v) is 5.94. The monoisotopic (exact) mass is 342 g/mol. The van der Waals surface area contributed by atoms with E-state index in [0.29, 0.717) is 37.9 Å². The summed E-state index contributed by atoms with van der Waals surface area (Å²) in [5.41, 5.74) is 0.652. The smallest absolute Gasteiger partial charge is 0.223 e. The van der Waals surface area contributed by atoms with Gasteiger partial charge in [-0.25, -0.2) is 12.8 Å². The van der Waals surface area contributed by atoms with Crippen molar-refractivity contribution in [2.24, 2.45) is 0 Å². The van der Waals surface area contributed by atoms with E-state index in [1.165, 1.54) is 6.07 Å². The number of amides is 1. The van der Waals surface area contributed by atoms with E-state index in [1.54, 1.807) is 30.1 Å².